The Balaban J connectivity index is 3.89. The Bertz CT molecular complexity index is 174. The van der Waals surface area contributed by atoms with Crippen molar-refractivity contribution in [2.75, 3.05) is 19.3 Å². The lowest BCUT2D eigenvalue weighted by molar-refractivity contribution is 0.479. The molecule has 2 nitrogen and oxygen atoms in total. The van der Waals surface area contributed by atoms with Gasteiger partial charge in [-0.3, -0.25) is 0 Å². The third-order valence-corrected chi connectivity index (χ3v) is 4.43. The zero-order chi connectivity index (χ0) is 11.0. The minimum atomic E-state index is 0.114. The predicted molar refractivity (Wildman–Crippen MR) is 64.5 cm³/mol. The number of nitriles is 1. The fraction of sp³-hybridized carbons (Fsp3) is 0.909. The minimum absolute atomic E-state index is 0.114. The molecule has 0 rings (SSSR count). The van der Waals surface area contributed by atoms with Crippen molar-refractivity contribution in [3.63, 3.8) is 0 Å². The van der Waals surface area contributed by atoms with E-state index < -0.39 is 0 Å². The van der Waals surface area contributed by atoms with Crippen molar-refractivity contribution >= 4 is 11.8 Å². The normalized spacial score (nSPS) is 13.6. The molecule has 82 valence electrons. The molecule has 0 fully saturated rings. The predicted octanol–water partition coefficient (Wildman–Crippen LogP) is 2.66. The highest BCUT2D eigenvalue weighted by Gasteiger charge is 2.24. The number of hydrogen-bond donors (Lipinski definition) is 1. The zero-order valence-electron chi connectivity index (χ0n) is 9.76. The summed E-state index contributed by atoms with van der Waals surface area (Å²) >= 11 is 1.93. The molecule has 0 bridgehead atoms. The van der Waals surface area contributed by atoms with Gasteiger partial charge < -0.3 is 5.32 Å². The first-order valence-electron chi connectivity index (χ1n) is 5.29. The highest BCUT2D eigenvalue weighted by atomic mass is 32.2. The Morgan fingerprint density at radius 3 is 2.36 bits per heavy atom. The van der Waals surface area contributed by atoms with E-state index in [-0.39, 0.29) is 5.92 Å². The van der Waals surface area contributed by atoms with E-state index in [2.05, 4.69) is 31.5 Å². The van der Waals surface area contributed by atoms with Gasteiger partial charge in [0.25, 0.3) is 0 Å². The van der Waals surface area contributed by atoms with E-state index in [1.54, 1.807) is 0 Å². The summed E-state index contributed by atoms with van der Waals surface area (Å²) in [5.74, 6) is 0.114. The minimum Gasteiger partial charge on any atom is -0.314 e. The summed E-state index contributed by atoms with van der Waals surface area (Å²) in [5.41, 5.74) is 0. The Hall–Kier alpha value is -0.200. The van der Waals surface area contributed by atoms with E-state index in [1.165, 1.54) is 12.8 Å². The summed E-state index contributed by atoms with van der Waals surface area (Å²) in [6.45, 7) is 8.22. The smallest absolute Gasteiger partial charge is 0.0666 e. The van der Waals surface area contributed by atoms with Crippen LogP contribution in [0.3, 0.4) is 0 Å². The molecule has 0 heterocycles. The molecule has 3 heteroatoms. The van der Waals surface area contributed by atoms with Crippen LogP contribution < -0.4 is 5.32 Å². The topological polar surface area (TPSA) is 35.8 Å². The van der Waals surface area contributed by atoms with Crippen LogP contribution in [0.2, 0.25) is 0 Å². The molecule has 0 saturated heterocycles. The Kier molecular flexibility index (Phi) is 7.04. The Morgan fingerprint density at radius 2 is 2.00 bits per heavy atom. The lowest BCUT2D eigenvalue weighted by Gasteiger charge is -2.30. The van der Waals surface area contributed by atoms with Gasteiger partial charge in [-0.15, -0.1) is 0 Å². The quantitative estimate of drug-likeness (QED) is 0.708. The fourth-order valence-electron chi connectivity index (χ4n) is 1.42. The van der Waals surface area contributed by atoms with E-state index in [9.17, 15) is 0 Å². The summed E-state index contributed by atoms with van der Waals surface area (Å²) < 4.78 is 0.356. The van der Waals surface area contributed by atoms with Crippen molar-refractivity contribution in [2.45, 2.75) is 38.4 Å². The van der Waals surface area contributed by atoms with Gasteiger partial charge in [0.05, 0.1) is 12.0 Å². The third-order valence-electron chi connectivity index (χ3n) is 2.84. The third kappa shape index (κ3) is 4.34. The summed E-state index contributed by atoms with van der Waals surface area (Å²) in [7, 11) is 0. The van der Waals surface area contributed by atoms with Gasteiger partial charge >= 0.3 is 0 Å². The van der Waals surface area contributed by atoms with Crippen LogP contribution in [-0.2, 0) is 0 Å². The Labute approximate surface area is 92.5 Å². The molecule has 14 heavy (non-hydrogen) atoms. The van der Waals surface area contributed by atoms with Crippen LogP contribution in [0.4, 0.5) is 0 Å². The van der Waals surface area contributed by atoms with Gasteiger partial charge in [-0.05, 0) is 26.0 Å². The lowest BCUT2D eigenvalue weighted by atomic mass is 10.0. The molecule has 1 N–H and O–H groups in total. The molecule has 0 saturated carbocycles. The van der Waals surface area contributed by atoms with Gasteiger partial charge in [-0.1, -0.05) is 13.8 Å². The first kappa shape index (κ1) is 13.8. The number of rotatable bonds is 7. The molecule has 1 atom stereocenters. The SMILES string of the molecule is CCC(CC)(CNCC(C)C#N)SC. The van der Waals surface area contributed by atoms with E-state index in [0.717, 1.165) is 13.1 Å². The molecule has 0 spiro atoms. The largest absolute Gasteiger partial charge is 0.314 e. The van der Waals surface area contributed by atoms with Gasteiger partial charge in [-0.25, -0.2) is 0 Å². The van der Waals surface area contributed by atoms with Crippen LogP contribution in [0.15, 0.2) is 0 Å². The monoisotopic (exact) mass is 214 g/mol. The van der Waals surface area contributed by atoms with Crippen LogP contribution >= 0.6 is 11.8 Å². The molecule has 0 aliphatic rings. The molecular weight excluding hydrogens is 192 g/mol. The first-order chi connectivity index (χ1) is 6.64. The van der Waals surface area contributed by atoms with Crippen molar-refractivity contribution in [1.82, 2.24) is 5.32 Å². The van der Waals surface area contributed by atoms with Gasteiger partial charge in [0, 0.05) is 17.8 Å². The second kappa shape index (κ2) is 7.14. The van der Waals surface area contributed by atoms with Crippen molar-refractivity contribution in [1.29, 1.82) is 5.26 Å². The number of nitrogens with one attached hydrogen (secondary N) is 1. The van der Waals surface area contributed by atoms with Crippen LogP contribution in [0.25, 0.3) is 0 Å². The number of hydrogen-bond acceptors (Lipinski definition) is 3. The van der Waals surface area contributed by atoms with Gasteiger partial charge in [0.2, 0.25) is 0 Å². The second-order valence-corrected chi connectivity index (χ2v) is 5.03. The van der Waals surface area contributed by atoms with Crippen molar-refractivity contribution in [3.05, 3.63) is 0 Å². The standard InChI is InChI=1S/C11H22N2S/c1-5-11(6-2,14-4)9-13-8-10(3)7-12/h10,13H,5-6,8-9H2,1-4H3. The van der Waals surface area contributed by atoms with Crippen LogP contribution in [0, 0.1) is 17.2 Å². The second-order valence-electron chi connectivity index (χ2n) is 3.76. The zero-order valence-corrected chi connectivity index (χ0v) is 10.6. The molecular formula is C11H22N2S. The van der Waals surface area contributed by atoms with Crippen molar-refractivity contribution in [3.8, 4) is 6.07 Å². The summed E-state index contributed by atoms with van der Waals surface area (Å²) in [6, 6.07) is 2.24. The molecule has 0 aromatic rings. The highest BCUT2D eigenvalue weighted by molar-refractivity contribution is 8.00. The van der Waals surface area contributed by atoms with Gasteiger partial charge in [0.1, 0.15) is 0 Å². The van der Waals surface area contributed by atoms with E-state index in [4.69, 9.17) is 5.26 Å². The lowest BCUT2D eigenvalue weighted by Crippen LogP contribution is -2.38. The summed E-state index contributed by atoms with van der Waals surface area (Å²) in [5, 5.41) is 12.0. The van der Waals surface area contributed by atoms with E-state index in [0.29, 0.717) is 4.75 Å². The molecule has 0 aliphatic carbocycles. The molecule has 0 aromatic heterocycles. The van der Waals surface area contributed by atoms with E-state index >= 15 is 0 Å². The maximum absolute atomic E-state index is 8.64. The molecule has 1 unspecified atom stereocenters. The number of nitrogens with zero attached hydrogens (tertiary/aromatic N) is 1. The van der Waals surface area contributed by atoms with Crippen LogP contribution in [-0.4, -0.2) is 24.1 Å². The molecule has 0 amide bonds. The average molecular weight is 214 g/mol. The maximum atomic E-state index is 8.64. The van der Waals surface area contributed by atoms with Gasteiger partial charge in [0.15, 0.2) is 0 Å². The van der Waals surface area contributed by atoms with Crippen LogP contribution in [0.5, 0.6) is 0 Å². The summed E-state index contributed by atoms with van der Waals surface area (Å²) in [4.78, 5) is 0. The maximum Gasteiger partial charge on any atom is 0.0666 e. The molecule has 0 aromatic carbocycles. The van der Waals surface area contributed by atoms with Crippen molar-refractivity contribution in [2.24, 2.45) is 5.92 Å². The van der Waals surface area contributed by atoms with Gasteiger partial charge in [-0.2, -0.15) is 17.0 Å². The Morgan fingerprint density at radius 1 is 1.43 bits per heavy atom. The van der Waals surface area contributed by atoms with Crippen LogP contribution in [0.1, 0.15) is 33.6 Å². The highest BCUT2D eigenvalue weighted by Crippen LogP contribution is 2.29. The fourth-order valence-corrected chi connectivity index (χ4v) is 2.25. The van der Waals surface area contributed by atoms with E-state index in [1.807, 2.05) is 18.7 Å². The molecule has 0 radical (unpaired) electrons. The first-order valence-corrected chi connectivity index (χ1v) is 6.52. The molecule has 0 aliphatic heterocycles. The number of thioether (sulfide) groups is 1. The van der Waals surface area contributed by atoms with Crippen molar-refractivity contribution < 1.29 is 0 Å². The summed E-state index contributed by atoms with van der Waals surface area (Å²) in [6.07, 6.45) is 4.53. The average Bonchev–Trinajstić information content (AvgIpc) is 2.25.